The molecule has 0 saturated carbocycles. The Kier molecular flexibility index (Phi) is 9.78. The number of carbonyl (C=O) groups excluding carboxylic acids is 1. The lowest BCUT2D eigenvalue weighted by Gasteiger charge is -2.25. The Morgan fingerprint density at radius 3 is 2.27 bits per heavy atom. The van der Waals surface area contributed by atoms with E-state index >= 15 is 0 Å². The topological polar surface area (TPSA) is 104 Å². The van der Waals surface area contributed by atoms with Gasteiger partial charge >= 0.3 is 5.97 Å². The molecule has 1 unspecified atom stereocenters. The van der Waals surface area contributed by atoms with Gasteiger partial charge in [-0.25, -0.2) is 4.79 Å². The van der Waals surface area contributed by atoms with E-state index in [9.17, 15) is 4.79 Å². The number of nitrogens with one attached hydrogen (secondary N) is 1. The molecule has 0 spiro atoms. The molecule has 1 aromatic rings. The van der Waals surface area contributed by atoms with Crippen LogP contribution in [0.15, 0.2) is 24.3 Å². The standard InChI is InChI=1S/C19H25N3O4/c1-4-26-18(23)14-7-9-16(10-8-14)22-11-5-6-17(15(12-20)13-21)19(24-2)25-3/h7-10,15,17,19,22H,4-6,11H2,1-3H3. The van der Waals surface area contributed by atoms with Crippen LogP contribution in [0.1, 0.15) is 30.1 Å². The lowest BCUT2D eigenvalue weighted by atomic mass is 9.89. The van der Waals surface area contributed by atoms with Crippen molar-refractivity contribution in [2.75, 3.05) is 32.7 Å². The Bertz CT molecular complexity index is 616. The van der Waals surface area contributed by atoms with Gasteiger partial charge in [-0.05, 0) is 44.0 Å². The van der Waals surface area contributed by atoms with Crippen LogP contribution in [0, 0.1) is 34.5 Å². The van der Waals surface area contributed by atoms with Crippen LogP contribution in [-0.2, 0) is 14.2 Å². The number of nitrogens with zero attached hydrogens (tertiary/aromatic N) is 2. The molecule has 1 aromatic carbocycles. The Morgan fingerprint density at radius 2 is 1.77 bits per heavy atom. The molecule has 0 saturated heterocycles. The summed E-state index contributed by atoms with van der Waals surface area (Å²) in [6, 6.07) is 11.0. The summed E-state index contributed by atoms with van der Waals surface area (Å²) in [5, 5.41) is 21.5. The first-order chi connectivity index (χ1) is 12.6. The second-order valence-electron chi connectivity index (χ2n) is 5.61. The summed E-state index contributed by atoms with van der Waals surface area (Å²) in [4.78, 5) is 11.6. The number of esters is 1. The van der Waals surface area contributed by atoms with Crippen LogP contribution in [-0.4, -0.2) is 39.6 Å². The number of hydrogen-bond acceptors (Lipinski definition) is 7. The van der Waals surface area contributed by atoms with E-state index in [0.29, 0.717) is 25.1 Å². The molecule has 1 rings (SSSR count). The van der Waals surface area contributed by atoms with E-state index in [1.807, 2.05) is 24.3 Å². The van der Waals surface area contributed by atoms with Crippen LogP contribution in [0.3, 0.4) is 0 Å². The number of ether oxygens (including phenoxy) is 3. The fourth-order valence-corrected chi connectivity index (χ4v) is 2.64. The number of methoxy groups -OCH3 is 2. The smallest absolute Gasteiger partial charge is 0.338 e. The van der Waals surface area contributed by atoms with Crippen LogP contribution < -0.4 is 5.32 Å². The Morgan fingerprint density at radius 1 is 1.15 bits per heavy atom. The van der Waals surface area contributed by atoms with Crippen molar-refractivity contribution in [3.8, 4) is 12.1 Å². The minimum Gasteiger partial charge on any atom is -0.462 e. The number of benzene rings is 1. The SMILES string of the molecule is CCOC(=O)c1ccc(NCCCC(C(C#N)C#N)C(OC)OC)cc1. The number of rotatable bonds is 11. The fraction of sp³-hybridized carbons (Fsp3) is 0.526. The van der Waals surface area contributed by atoms with E-state index in [1.54, 1.807) is 19.1 Å². The predicted molar refractivity (Wildman–Crippen MR) is 96.1 cm³/mol. The lowest BCUT2D eigenvalue weighted by Crippen LogP contribution is -2.30. The normalized spacial score (nSPS) is 11.7. The third kappa shape index (κ3) is 6.36. The largest absolute Gasteiger partial charge is 0.462 e. The first-order valence-corrected chi connectivity index (χ1v) is 8.47. The van der Waals surface area contributed by atoms with Crippen LogP contribution in [0.2, 0.25) is 0 Å². The fourth-order valence-electron chi connectivity index (χ4n) is 2.64. The number of nitriles is 2. The van der Waals surface area contributed by atoms with E-state index < -0.39 is 12.2 Å². The Balaban J connectivity index is 2.54. The highest BCUT2D eigenvalue weighted by Gasteiger charge is 2.29. The molecule has 1 atom stereocenters. The van der Waals surface area contributed by atoms with Crippen LogP contribution >= 0.6 is 0 Å². The van der Waals surface area contributed by atoms with Gasteiger partial charge in [0.2, 0.25) is 0 Å². The molecule has 0 aliphatic carbocycles. The maximum absolute atomic E-state index is 11.6. The summed E-state index contributed by atoms with van der Waals surface area (Å²) >= 11 is 0. The third-order valence-electron chi connectivity index (χ3n) is 3.96. The molecule has 7 nitrogen and oxygen atoms in total. The predicted octanol–water partition coefficient (Wildman–Crippen LogP) is 2.95. The van der Waals surface area contributed by atoms with Crippen molar-refractivity contribution in [2.45, 2.75) is 26.1 Å². The second kappa shape index (κ2) is 11.9. The maximum atomic E-state index is 11.6. The van der Waals surface area contributed by atoms with Gasteiger partial charge in [-0.15, -0.1) is 0 Å². The average Bonchev–Trinajstić information content (AvgIpc) is 2.67. The molecule has 0 bridgehead atoms. The van der Waals surface area contributed by atoms with Gasteiger partial charge in [0.1, 0.15) is 5.92 Å². The van der Waals surface area contributed by atoms with Crippen LogP contribution in [0.25, 0.3) is 0 Å². The molecule has 0 aliphatic rings. The molecule has 7 heteroatoms. The quantitative estimate of drug-likeness (QED) is 0.368. The third-order valence-corrected chi connectivity index (χ3v) is 3.96. The summed E-state index contributed by atoms with van der Waals surface area (Å²) < 4.78 is 15.4. The van der Waals surface area contributed by atoms with Crippen LogP contribution in [0.5, 0.6) is 0 Å². The minimum absolute atomic E-state index is 0.326. The molecular weight excluding hydrogens is 334 g/mol. The molecule has 0 aliphatic heterocycles. The van der Waals surface area contributed by atoms with Crippen molar-refractivity contribution >= 4 is 11.7 Å². The summed E-state index contributed by atoms with van der Waals surface area (Å²) in [6.07, 6.45) is 0.738. The zero-order valence-electron chi connectivity index (χ0n) is 15.4. The van der Waals surface area contributed by atoms with Gasteiger partial charge in [0.05, 0.1) is 24.3 Å². The summed E-state index contributed by atoms with van der Waals surface area (Å²) in [6.45, 7) is 2.76. The summed E-state index contributed by atoms with van der Waals surface area (Å²) in [5.41, 5.74) is 1.38. The second-order valence-corrected chi connectivity index (χ2v) is 5.61. The van der Waals surface area contributed by atoms with E-state index in [1.165, 1.54) is 14.2 Å². The number of carbonyl (C=O) groups is 1. The molecule has 0 aromatic heterocycles. The average molecular weight is 359 g/mol. The van der Waals surface area contributed by atoms with Crippen molar-refractivity contribution in [3.63, 3.8) is 0 Å². The van der Waals surface area contributed by atoms with Crippen molar-refractivity contribution in [1.82, 2.24) is 0 Å². The van der Waals surface area contributed by atoms with Crippen molar-refractivity contribution in [2.24, 2.45) is 11.8 Å². The lowest BCUT2D eigenvalue weighted by molar-refractivity contribution is -0.143. The Labute approximate surface area is 154 Å². The highest BCUT2D eigenvalue weighted by atomic mass is 16.7. The van der Waals surface area contributed by atoms with Crippen molar-refractivity contribution < 1.29 is 19.0 Å². The van der Waals surface area contributed by atoms with Crippen molar-refractivity contribution in [1.29, 1.82) is 10.5 Å². The highest BCUT2D eigenvalue weighted by molar-refractivity contribution is 5.89. The van der Waals surface area contributed by atoms with Crippen LogP contribution in [0.4, 0.5) is 5.69 Å². The van der Waals surface area contributed by atoms with Gasteiger partial charge in [0.15, 0.2) is 6.29 Å². The van der Waals surface area contributed by atoms with Gasteiger partial charge in [-0.3, -0.25) is 0 Å². The minimum atomic E-state index is -0.788. The first kappa shape index (κ1) is 21.4. The first-order valence-electron chi connectivity index (χ1n) is 8.47. The van der Waals surface area contributed by atoms with Gasteiger partial charge < -0.3 is 19.5 Å². The molecule has 0 radical (unpaired) electrons. The zero-order chi connectivity index (χ0) is 19.4. The number of hydrogen-bond donors (Lipinski definition) is 1. The summed E-state index contributed by atoms with van der Waals surface area (Å²) in [7, 11) is 2.99. The molecule has 0 amide bonds. The van der Waals surface area contributed by atoms with Gasteiger partial charge in [-0.2, -0.15) is 10.5 Å². The molecular formula is C19H25N3O4. The summed E-state index contributed by atoms with van der Waals surface area (Å²) in [5.74, 6) is -1.46. The Hall–Kier alpha value is -2.61. The van der Waals surface area contributed by atoms with Gasteiger partial charge in [0.25, 0.3) is 0 Å². The van der Waals surface area contributed by atoms with E-state index in [2.05, 4.69) is 5.32 Å². The van der Waals surface area contributed by atoms with E-state index in [-0.39, 0.29) is 11.9 Å². The van der Waals surface area contributed by atoms with Gasteiger partial charge in [0, 0.05) is 32.4 Å². The monoisotopic (exact) mass is 359 g/mol. The molecule has 26 heavy (non-hydrogen) atoms. The zero-order valence-corrected chi connectivity index (χ0v) is 15.4. The molecule has 1 N–H and O–H groups in total. The molecule has 0 heterocycles. The van der Waals surface area contributed by atoms with E-state index in [4.69, 9.17) is 24.7 Å². The van der Waals surface area contributed by atoms with Gasteiger partial charge in [-0.1, -0.05) is 0 Å². The highest BCUT2D eigenvalue weighted by Crippen LogP contribution is 2.24. The van der Waals surface area contributed by atoms with E-state index in [0.717, 1.165) is 12.1 Å². The maximum Gasteiger partial charge on any atom is 0.338 e. The molecule has 0 fully saturated rings. The van der Waals surface area contributed by atoms with Crippen molar-refractivity contribution in [3.05, 3.63) is 29.8 Å². The molecule has 140 valence electrons. The number of anilines is 1.